The van der Waals surface area contributed by atoms with Gasteiger partial charge in [-0.3, -0.25) is 18.3 Å². The Hall–Kier alpha value is -2.56. The zero-order chi connectivity index (χ0) is 39.3. The monoisotopic (exact) mass is 824 g/mol. The second-order valence-electron chi connectivity index (χ2n) is 10.1. The van der Waals surface area contributed by atoms with Crippen LogP contribution in [-0.2, 0) is 54.5 Å². The molecule has 296 valence electrons. The molecule has 0 spiro atoms. The Bertz CT molecular complexity index is 1610. The number of rotatable bonds is 24. The van der Waals surface area contributed by atoms with E-state index in [0.29, 0.717) is 16.9 Å². The molecule has 0 radical (unpaired) electrons. The lowest BCUT2D eigenvalue weighted by molar-refractivity contribution is 0.225. The molecule has 53 heavy (non-hydrogen) atoms. The van der Waals surface area contributed by atoms with E-state index in [1.54, 1.807) is 80.5 Å². The maximum atomic E-state index is 13.8. The predicted molar refractivity (Wildman–Crippen MR) is 199 cm³/mol. The summed E-state index contributed by atoms with van der Waals surface area (Å²) in [7, 11) is -16.5. The van der Waals surface area contributed by atoms with E-state index in [4.69, 9.17) is 36.2 Å². The third-order valence-electron chi connectivity index (χ3n) is 6.42. The van der Waals surface area contributed by atoms with Gasteiger partial charge in [-0.15, -0.1) is 0 Å². The molecular formula is C29H48N8O12P4. The number of nitrogens with zero attached hydrogens (tertiary/aromatic N) is 6. The lowest BCUT2D eigenvalue weighted by Crippen LogP contribution is -2.31. The van der Waals surface area contributed by atoms with Crippen molar-refractivity contribution in [1.82, 2.24) is 29.9 Å². The average molecular weight is 825 g/mol. The van der Waals surface area contributed by atoms with Crippen LogP contribution in [0.2, 0.25) is 0 Å². The van der Waals surface area contributed by atoms with Crippen molar-refractivity contribution >= 4 is 75.9 Å². The number of hydrogen-bond acceptors (Lipinski definition) is 20. The molecule has 0 saturated carbocycles. The van der Waals surface area contributed by atoms with Gasteiger partial charge in [-0.05, 0) is 80.0 Å². The summed E-state index contributed by atoms with van der Waals surface area (Å²) in [5.41, 5.74) is -0.301. The second-order valence-corrected chi connectivity index (χ2v) is 17.7. The van der Waals surface area contributed by atoms with Crippen LogP contribution >= 0.6 is 30.4 Å². The number of nitrogens with one attached hydrogen (secondary N) is 2. The minimum Gasteiger partial charge on any atom is -0.324 e. The summed E-state index contributed by atoms with van der Waals surface area (Å²) >= 11 is 0. The molecular weight excluding hydrogens is 776 g/mol. The zero-order valence-electron chi connectivity index (χ0n) is 31.3. The Labute approximate surface area is 309 Å². The molecule has 2 aromatic heterocycles. The third-order valence-corrected chi connectivity index (χ3v) is 14.0. The smallest absolute Gasteiger partial charge is 0.324 e. The molecule has 20 nitrogen and oxygen atoms in total. The van der Waals surface area contributed by atoms with Crippen molar-refractivity contribution in [3.8, 4) is 0 Å². The quantitative estimate of drug-likeness (QED) is 0.107. The predicted octanol–water partition coefficient (Wildman–Crippen LogP) is 5.42. The fraction of sp³-hybridized carbons (Fsp3) is 0.586. The molecule has 0 bridgehead atoms. The molecule has 0 unspecified atom stereocenters. The minimum atomic E-state index is -4.12. The van der Waals surface area contributed by atoms with Gasteiger partial charge in [-0.2, -0.15) is 29.9 Å². The molecule has 0 fully saturated rings. The number of anilines is 4. The first-order valence-corrected chi connectivity index (χ1v) is 23.1. The highest BCUT2D eigenvalue weighted by atomic mass is 31.2. The van der Waals surface area contributed by atoms with E-state index in [-0.39, 0.29) is 64.8 Å². The van der Waals surface area contributed by atoms with Gasteiger partial charge in [-0.25, -0.2) is 0 Å². The maximum absolute atomic E-state index is 13.8. The lowest BCUT2D eigenvalue weighted by Gasteiger charge is -2.21. The fourth-order valence-electron chi connectivity index (χ4n) is 4.43. The molecule has 24 heteroatoms. The molecule has 2 heterocycles. The first-order valence-electron chi connectivity index (χ1n) is 17.0. The van der Waals surface area contributed by atoms with Crippen molar-refractivity contribution < 1.29 is 54.5 Å². The Morgan fingerprint density at radius 3 is 0.868 bits per heavy atom. The molecule has 0 aliphatic carbocycles. The average Bonchev–Trinajstić information content (AvgIpc) is 3.10. The number of aromatic nitrogens is 6. The molecule has 0 saturated heterocycles. The molecule has 0 atom stereocenters. The highest BCUT2D eigenvalue weighted by Gasteiger charge is 2.39. The van der Waals surface area contributed by atoms with Gasteiger partial charge in [0.1, 0.15) is 0 Å². The van der Waals surface area contributed by atoms with Crippen LogP contribution < -0.4 is 32.9 Å². The van der Waals surface area contributed by atoms with Gasteiger partial charge in [0.15, 0.2) is 0 Å². The van der Waals surface area contributed by atoms with Crippen LogP contribution in [-0.4, -0.2) is 82.8 Å². The Kier molecular flexibility index (Phi) is 17.2. The Morgan fingerprint density at radius 2 is 0.660 bits per heavy atom. The summed E-state index contributed by atoms with van der Waals surface area (Å²) in [6, 6.07) is 5.02. The third kappa shape index (κ3) is 11.3. The van der Waals surface area contributed by atoms with Crippen LogP contribution in [0.5, 0.6) is 0 Å². The number of hydrogen-bond donors (Lipinski definition) is 2. The van der Waals surface area contributed by atoms with E-state index in [9.17, 15) is 18.3 Å². The van der Waals surface area contributed by atoms with Gasteiger partial charge in [0.05, 0.1) is 52.9 Å². The molecule has 1 aromatic carbocycles. The van der Waals surface area contributed by atoms with Gasteiger partial charge in [0.2, 0.25) is 34.2 Å². The standard InChI is InChI=1S/C29H48N8O12P4/c1-10-42-50(38,43-11-2)26-32-24(33-27(36-26)51(39,44-12-3)45-13-4)30-22-19-18-20-23(21(22)9)31-25-34-28(52(40,46-14-5)47-15-6)37-29(35-25)53(41,48-16-7)49-17-8/h18-20H,10-17H2,1-9H3,(H,30,32,33,36)(H,31,34,35,37). The SMILES string of the molecule is CCOP(=O)(OCC)c1nc(Nc2cccc(Nc3nc(P(=O)(OCC)OCC)nc(P(=O)(OCC)OCC)n3)c2C)nc(P(=O)(OCC)OCC)n1. The lowest BCUT2D eigenvalue weighted by atomic mass is 10.1. The van der Waals surface area contributed by atoms with Gasteiger partial charge < -0.3 is 46.8 Å². The fourth-order valence-corrected chi connectivity index (χ4v) is 10.3. The Balaban J connectivity index is 2.20. The molecule has 0 aliphatic rings. The van der Waals surface area contributed by atoms with E-state index in [2.05, 4.69) is 40.5 Å². The van der Waals surface area contributed by atoms with Crippen molar-refractivity contribution in [2.45, 2.75) is 62.3 Å². The van der Waals surface area contributed by atoms with Crippen molar-refractivity contribution in [3.05, 3.63) is 23.8 Å². The second kappa shape index (κ2) is 20.4. The van der Waals surface area contributed by atoms with Gasteiger partial charge in [-0.1, -0.05) is 6.07 Å². The van der Waals surface area contributed by atoms with Gasteiger partial charge >= 0.3 is 30.4 Å². The summed E-state index contributed by atoms with van der Waals surface area (Å²) < 4.78 is 98.9. The van der Waals surface area contributed by atoms with Crippen LogP contribution in [0.1, 0.15) is 61.0 Å². The van der Waals surface area contributed by atoms with Crippen LogP contribution in [0.15, 0.2) is 18.2 Å². The maximum Gasteiger partial charge on any atom is 0.398 e. The molecule has 0 aliphatic heterocycles. The topological polar surface area (TPSA) is 244 Å². The van der Waals surface area contributed by atoms with Crippen LogP contribution in [0.25, 0.3) is 0 Å². The largest absolute Gasteiger partial charge is 0.398 e. The first-order chi connectivity index (χ1) is 25.2. The Morgan fingerprint density at radius 1 is 0.434 bits per heavy atom. The van der Waals surface area contributed by atoms with E-state index in [1.165, 1.54) is 0 Å². The summed E-state index contributed by atoms with van der Waals surface area (Å²) in [5.74, 6) is -0.365. The highest BCUT2D eigenvalue weighted by molar-refractivity contribution is 7.63. The van der Waals surface area contributed by atoms with E-state index >= 15 is 0 Å². The van der Waals surface area contributed by atoms with Crippen molar-refractivity contribution in [3.63, 3.8) is 0 Å². The normalized spacial score (nSPS) is 12.6. The van der Waals surface area contributed by atoms with Crippen molar-refractivity contribution in [2.24, 2.45) is 0 Å². The molecule has 2 N–H and O–H groups in total. The minimum absolute atomic E-state index is 0.00183. The van der Waals surface area contributed by atoms with Crippen LogP contribution in [0.3, 0.4) is 0 Å². The first kappa shape index (κ1) is 44.8. The summed E-state index contributed by atoms with van der Waals surface area (Å²) in [6.45, 7) is 14.7. The van der Waals surface area contributed by atoms with Crippen molar-refractivity contribution in [2.75, 3.05) is 63.5 Å². The van der Waals surface area contributed by atoms with Crippen LogP contribution in [0, 0.1) is 6.92 Å². The summed E-state index contributed by atoms with van der Waals surface area (Å²) in [6.07, 6.45) is 0. The molecule has 3 rings (SSSR count). The van der Waals surface area contributed by atoms with Gasteiger partial charge in [0.25, 0.3) is 0 Å². The molecule has 0 amide bonds. The van der Waals surface area contributed by atoms with E-state index in [0.717, 1.165) is 0 Å². The highest BCUT2D eigenvalue weighted by Crippen LogP contribution is 2.50. The zero-order valence-corrected chi connectivity index (χ0v) is 34.8. The summed E-state index contributed by atoms with van der Waals surface area (Å²) in [4.78, 5) is 25.7. The van der Waals surface area contributed by atoms with Crippen LogP contribution in [0.4, 0.5) is 23.3 Å². The van der Waals surface area contributed by atoms with E-state index in [1.807, 2.05) is 0 Å². The van der Waals surface area contributed by atoms with Crippen molar-refractivity contribution in [1.29, 1.82) is 0 Å². The van der Waals surface area contributed by atoms with E-state index < -0.39 is 52.6 Å². The number of benzene rings is 1. The molecule has 3 aromatic rings. The van der Waals surface area contributed by atoms with Gasteiger partial charge in [0, 0.05) is 11.4 Å². The summed E-state index contributed by atoms with van der Waals surface area (Å²) in [5, 5.41) is 6.08.